The summed E-state index contributed by atoms with van der Waals surface area (Å²) in [6, 6.07) is 16.4. The predicted octanol–water partition coefficient (Wildman–Crippen LogP) is 4.65. The van der Waals surface area contributed by atoms with Crippen LogP contribution in [0.1, 0.15) is 18.1 Å². The molecule has 0 saturated carbocycles. The number of hydrogen-bond donors (Lipinski definition) is 1. The number of nitrogens with one attached hydrogen (secondary N) is 1. The van der Waals surface area contributed by atoms with Crippen molar-refractivity contribution in [1.29, 1.82) is 0 Å². The van der Waals surface area contributed by atoms with E-state index in [1.807, 2.05) is 36.4 Å². The van der Waals surface area contributed by atoms with Gasteiger partial charge in [-0.25, -0.2) is 0 Å². The molecule has 1 N–H and O–H groups in total. The van der Waals surface area contributed by atoms with E-state index in [1.165, 1.54) is 11.1 Å². The molecule has 21 heavy (non-hydrogen) atoms. The molecule has 2 nitrogen and oxygen atoms in total. The molecule has 0 unspecified atom stereocenters. The molecule has 0 radical (unpaired) electrons. The second kappa shape index (κ2) is 8.65. The Kier molecular flexibility index (Phi) is 6.51. The summed E-state index contributed by atoms with van der Waals surface area (Å²) in [5.41, 5.74) is 2.35. The second-order valence-electron chi connectivity index (χ2n) is 4.63. The molecule has 0 atom stereocenters. The first-order valence-electron chi connectivity index (χ1n) is 7.13. The first kappa shape index (κ1) is 15.8. The highest BCUT2D eigenvalue weighted by Gasteiger charge is 2.06. The van der Waals surface area contributed by atoms with Crippen LogP contribution in [0.15, 0.2) is 59.1 Å². The van der Waals surface area contributed by atoms with Crippen LogP contribution in [0.5, 0.6) is 5.75 Å². The van der Waals surface area contributed by atoms with Crippen molar-refractivity contribution < 1.29 is 4.74 Å². The Morgan fingerprint density at radius 2 is 1.90 bits per heavy atom. The summed E-state index contributed by atoms with van der Waals surface area (Å²) in [6.45, 7) is 4.41. The smallest absolute Gasteiger partial charge is 0.138 e. The summed E-state index contributed by atoms with van der Waals surface area (Å²) in [7, 11) is 0. The third-order valence-corrected chi connectivity index (χ3v) is 3.67. The van der Waals surface area contributed by atoms with Gasteiger partial charge in [0.25, 0.3) is 0 Å². The molecule has 3 heteroatoms. The molecule has 0 bridgehead atoms. The SMILES string of the molecule is CCNCc1cccc(Br)c1OCC=Cc1ccccc1. The van der Waals surface area contributed by atoms with Crippen LogP contribution in [-0.2, 0) is 6.54 Å². The van der Waals surface area contributed by atoms with Crippen LogP contribution in [0.2, 0.25) is 0 Å². The average Bonchev–Trinajstić information content (AvgIpc) is 2.52. The van der Waals surface area contributed by atoms with Gasteiger partial charge in [-0.05, 0) is 40.2 Å². The van der Waals surface area contributed by atoms with E-state index in [2.05, 4.69) is 52.4 Å². The maximum atomic E-state index is 5.91. The summed E-state index contributed by atoms with van der Waals surface area (Å²) in [5, 5.41) is 3.33. The van der Waals surface area contributed by atoms with Crippen LogP contribution in [0.25, 0.3) is 6.08 Å². The molecular weight excluding hydrogens is 326 g/mol. The van der Waals surface area contributed by atoms with Gasteiger partial charge in [0.2, 0.25) is 0 Å². The fraction of sp³-hybridized carbons (Fsp3) is 0.222. The summed E-state index contributed by atoms with van der Waals surface area (Å²) in [6.07, 6.45) is 4.10. The molecule has 0 saturated heterocycles. The summed E-state index contributed by atoms with van der Waals surface area (Å²) < 4.78 is 6.90. The molecule has 0 spiro atoms. The molecule has 0 aliphatic carbocycles. The molecule has 0 fully saturated rings. The minimum Gasteiger partial charge on any atom is -0.488 e. The van der Waals surface area contributed by atoms with Gasteiger partial charge >= 0.3 is 0 Å². The van der Waals surface area contributed by atoms with Crippen molar-refractivity contribution in [3.05, 3.63) is 70.2 Å². The first-order chi connectivity index (χ1) is 10.3. The highest BCUT2D eigenvalue weighted by molar-refractivity contribution is 9.10. The maximum Gasteiger partial charge on any atom is 0.138 e. The fourth-order valence-electron chi connectivity index (χ4n) is 1.99. The molecule has 0 heterocycles. The highest BCUT2D eigenvalue weighted by Crippen LogP contribution is 2.29. The van der Waals surface area contributed by atoms with E-state index in [0.29, 0.717) is 6.61 Å². The van der Waals surface area contributed by atoms with Crippen LogP contribution < -0.4 is 10.1 Å². The highest BCUT2D eigenvalue weighted by atomic mass is 79.9. The van der Waals surface area contributed by atoms with E-state index in [1.54, 1.807) is 0 Å². The van der Waals surface area contributed by atoms with Gasteiger partial charge in [-0.2, -0.15) is 0 Å². The lowest BCUT2D eigenvalue weighted by Gasteiger charge is -2.12. The van der Waals surface area contributed by atoms with Gasteiger partial charge in [-0.3, -0.25) is 0 Å². The van der Waals surface area contributed by atoms with E-state index in [4.69, 9.17) is 4.74 Å². The van der Waals surface area contributed by atoms with Gasteiger partial charge in [0.15, 0.2) is 0 Å². The predicted molar refractivity (Wildman–Crippen MR) is 92.5 cm³/mol. The van der Waals surface area contributed by atoms with Gasteiger partial charge in [0.05, 0.1) is 4.47 Å². The minimum atomic E-state index is 0.552. The summed E-state index contributed by atoms with van der Waals surface area (Å²) in [4.78, 5) is 0. The lowest BCUT2D eigenvalue weighted by Crippen LogP contribution is -2.13. The lowest BCUT2D eigenvalue weighted by atomic mass is 10.2. The minimum absolute atomic E-state index is 0.552. The Bertz CT molecular complexity index is 581. The number of hydrogen-bond acceptors (Lipinski definition) is 2. The number of benzene rings is 2. The van der Waals surface area contributed by atoms with Crippen molar-refractivity contribution in [3.8, 4) is 5.75 Å². The third-order valence-electron chi connectivity index (χ3n) is 3.05. The molecule has 0 aliphatic heterocycles. The number of ether oxygens (including phenoxy) is 1. The first-order valence-corrected chi connectivity index (χ1v) is 7.93. The molecule has 0 aliphatic rings. The van der Waals surface area contributed by atoms with E-state index in [9.17, 15) is 0 Å². The summed E-state index contributed by atoms with van der Waals surface area (Å²) in [5.74, 6) is 0.913. The molecule has 0 aromatic heterocycles. The second-order valence-corrected chi connectivity index (χ2v) is 5.49. The molecule has 2 aromatic carbocycles. The molecule has 0 amide bonds. The standard InChI is InChI=1S/C18H20BrNO/c1-2-20-14-16-11-6-12-17(19)18(16)21-13-7-10-15-8-4-3-5-9-15/h3-12,20H,2,13-14H2,1H3. The lowest BCUT2D eigenvalue weighted by molar-refractivity contribution is 0.356. The number of para-hydroxylation sites is 1. The zero-order valence-electron chi connectivity index (χ0n) is 12.2. The molecule has 110 valence electrons. The van der Waals surface area contributed by atoms with Crippen LogP contribution in [0.4, 0.5) is 0 Å². The quantitative estimate of drug-likeness (QED) is 0.788. The summed E-state index contributed by atoms with van der Waals surface area (Å²) >= 11 is 3.56. The Balaban J connectivity index is 1.97. The zero-order chi connectivity index (χ0) is 14.9. The van der Waals surface area contributed by atoms with Crippen LogP contribution >= 0.6 is 15.9 Å². The third kappa shape index (κ3) is 5.03. The fourth-order valence-corrected chi connectivity index (χ4v) is 2.52. The topological polar surface area (TPSA) is 21.3 Å². The molecule has 2 rings (SSSR count). The van der Waals surface area contributed by atoms with Crippen molar-refractivity contribution in [2.45, 2.75) is 13.5 Å². The zero-order valence-corrected chi connectivity index (χ0v) is 13.8. The van der Waals surface area contributed by atoms with Crippen molar-refractivity contribution >= 4 is 22.0 Å². The monoisotopic (exact) mass is 345 g/mol. The molecular formula is C18H20BrNO. The van der Waals surface area contributed by atoms with Gasteiger partial charge in [0, 0.05) is 12.1 Å². The van der Waals surface area contributed by atoms with Crippen LogP contribution in [0, 0.1) is 0 Å². The Morgan fingerprint density at radius 3 is 2.67 bits per heavy atom. The van der Waals surface area contributed by atoms with E-state index in [-0.39, 0.29) is 0 Å². The van der Waals surface area contributed by atoms with E-state index in [0.717, 1.165) is 23.3 Å². The normalized spacial score (nSPS) is 11.0. The van der Waals surface area contributed by atoms with E-state index >= 15 is 0 Å². The average molecular weight is 346 g/mol. The van der Waals surface area contributed by atoms with E-state index < -0.39 is 0 Å². The Hall–Kier alpha value is -1.58. The van der Waals surface area contributed by atoms with Gasteiger partial charge < -0.3 is 10.1 Å². The largest absolute Gasteiger partial charge is 0.488 e. The van der Waals surface area contributed by atoms with Gasteiger partial charge in [-0.15, -0.1) is 0 Å². The van der Waals surface area contributed by atoms with Crippen molar-refractivity contribution in [3.63, 3.8) is 0 Å². The van der Waals surface area contributed by atoms with Gasteiger partial charge in [-0.1, -0.05) is 55.5 Å². The maximum absolute atomic E-state index is 5.91. The Labute approximate surface area is 135 Å². The number of rotatable bonds is 7. The van der Waals surface area contributed by atoms with Crippen molar-refractivity contribution in [2.75, 3.05) is 13.2 Å². The van der Waals surface area contributed by atoms with Crippen molar-refractivity contribution in [1.82, 2.24) is 5.32 Å². The molecule has 2 aromatic rings. The van der Waals surface area contributed by atoms with Crippen molar-refractivity contribution in [2.24, 2.45) is 0 Å². The van der Waals surface area contributed by atoms with Crippen LogP contribution in [0.3, 0.4) is 0 Å². The Morgan fingerprint density at radius 1 is 1.10 bits per heavy atom. The number of halogens is 1. The van der Waals surface area contributed by atoms with Crippen LogP contribution in [-0.4, -0.2) is 13.2 Å². The van der Waals surface area contributed by atoms with Gasteiger partial charge in [0.1, 0.15) is 12.4 Å².